The first-order valence-electron chi connectivity index (χ1n) is 7.48. The minimum absolute atomic E-state index is 0.305. The van der Waals surface area contributed by atoms with Crippen LogP contribution in [0.25, 0.3) is 0 Å². The molecule has 2 rings (SSSR count). The van der Waals surface area contributed by atoms with E-state index in [0.717, 1.165) is 30.8 Å². The monoisotopic (exact) mass is 289 g/mol. The van der Waals surface area contributed by atoms with Crippen molar-refractivity contribution in [3.05, 3.63) is 41.5 Å². The second-order valence-corrected chi connectivity index (χ2v) is 4.96. The summed E-state index contributed by atoms with van der Waals surface area (Å²) in [5.41, 5.74) is 1.26. The Balaban J connectivity index is 1.90. The van der Waals surface area contributed by atoms with E-state index in [9.17, 15) is 0 Å². The number of aryl methyl sites for hydroxylation is 1. The first-order valence-corrected chi connectivity index (χ1v) is 7.48. The average Bonchev–Trinajstić information content (AvgIpc) is 2.96. The van der Waals surface area contributed by atoms with Crippen molar-refractivity contribution < 1.29 is 9.26 Å². The molecule has 1 atom stereocenters. The molecule has 0 saturated heterocycles. The third-order valence-corrected chi connectivity index (χ3v) is 3.39. The van der Waals surface area contributed by atoms with Crippen molar-refractivity contribution in [2.45, 2.75) is 45.8 Å². The van der Waals surface area contributed by atoms with Gasteiger partial charge in [0.05, 0.1) is 0 Å². The molecule has 0 radical (unpaired) electrons. The van der Waals surface area contributed by atoms with Crippen LogP contribution in [0, 0.1) is 0 Å². The van der Waals surface area contributed by atoms with Crippen molar-refractivity contribution in [3.63, 3.8) is 0 Å². The zero-order valence-corrected chi connectivity index (χ0v) is 12.9. The lowest BCUT2D eigenvalue weighted by molar-refractivity contribution is 0.242. The molecule has 0 amide bonds. The molecular weight excluding hydrogens is 266 g/mol. The summed E-state index contributed by atoms with van der Waals surface area (Å²) in [5, 5.41) is 7.19. The maximum atomic E-state index is 5.67. The quantitative estimate of drug-likeness (QED) is 0.808. The summed E-state index contributed by atoms with van der Waals surface area (Å²) >= 11 is 0. The van der Waals surface area contributed by atoms with E-state index >= 15 is 0 Å². The van der Waals surface area contributed by atoms with Crippen LogP contribution < -0.4 is 10.1 Å². The lowest BCUT2D eigenvalue weighted by Gasteiger charge is -2.14. The second-order valence-electron chi connectivity index (χ2n) is 4.96. The molecule has 1 unspecified atom stereocenters. The van der Waals surface area contributed by atoms with E-state index in [-0.39, 0.29) is 0 Å². The van der Waals surface area contributed by atoms with Gasteiger partial charge in [0.25, 0.3) is 5.89 Å². The van der Waals surface area contributed by atoms with Crippen LogP contribution in [0.2, 0.25) is 0 Å². The maximum absolute atomic E-state index is 5.67. The SMILES string of the molecule is CCCc1noc(COc2ccc(C(CC)NC)cc2)n1. The van der Waals surface area contributed by atoms with E-state index in [2.05, 4.69) is 41.4 Å². The van der Waals surface area contributed by atoms with Crippen molar-refractivity contribution in [2.75, 3.05) is 7.05 Å². The summed E-state index contributed by atoms with van der Waals surface area (Å²) in [6.07, 6.45) is 2.89. The zero-order chi connectivity index (χ0) is 15.1. The van der Waals surface area contributed by atoms with Gasteiger partial charge >= 0.3 is 0 Å². The van der Waals surface area contributed by atoms with E-state index in [0.29, 0.717) is 18.5 Å². The molecule has 21 heavy (non-hydrogen) atoms. The normalized spacial score (nSPS) is 12.3. The minimum atomic E-state index is 0.305. The van der Waals surface area contributed by atoms with Gasteiger partial charge in [-0.2, -0.15) is 4.98 Å². The Bertz CT molecular complexity index is 533. The fourth-order valence-electron chi connectivity index (χ4n) is 2.22. The Labute approximate surface area is 125 Å². The van der Waals surface area contributed by atoms with E-state index in [1.165, 1.54) is 5.56 Å². The van der Waals surface area contributed by atoms with Crippen molar-refractivity contribution in [3.8, 4) is 5.75 Å². The molecule has 0 bridgehead atoms. The number of benzene rings is 1. The van der Waals surface area contributed by atoms with Gasteiger partial charge in [-0.1, -0.05) is 31.1 Å². The summed E-state index contributed by atoms with van der Waals surface area (Å²) < 4.78 is 10.8. The Morgan fingerprint density at radius 3 is 2.62 bits per heavy atom. The number of ether oxygens (including phenoxy) is 1. The van der Waals surface area contributed by atoms with Crippen LogP contribution in [-0.4, -0.2) is 17.2 Å². The maximum Gasteiger partial charge on any atom is 0.264 e. The van der Waals surface area contributed by atoms with Gasteiger partial charge < -0.3 is 14.6 Å². The fraction of sp³-hybridized carbons (Fsp3) is 0.500. The van der Waals surface area contributed by atoms with Gasteiger partial charge in [-0.05, 0) is 37.6 Å². The van der Waals surface area contributed by atoms with Crippen molar-refractivity contribution >= 4 is 0 Å². The highest BCUT2D eigenvalue weighted by Gasteiger charge is 2.08. The highest BCUT2D eigenvalue weighted by atomic mass is 16.5. The van der Waals surface area contributed by atoms with E-state index in [4.69, 9.17) is 9.26 Å². The van der Waals surface area contributed by atoms with Crippen LogP contribution in [0.1, 0.15) is 50.0 Å². The highest BCUT2D eigenvalue weighted by Crippen LogP contribution is 2.20. The molecular formula is C16H23N3O2. The molecule has 1 heterocycles. The Morgan fingerprint density at radius 1 is 1.24 bits per heavy atom. The molecule has 1 aromatic carbocycles. The van der Waals surface area contributed by atoms with E-state index in [1.54, 1.807) is 0 Å². The highest BCUT2D eigenvalue weighted by molar-refractivity contribution is 5.29. The number of nitrogens with zero attached hydrogens (tertiary/aromatic N) is 2. The largest absolute Gasteiger partial charge is 0.484 e. The van der Waals surface area contributed by atoms with Crippen LogP contribution in [0.4, 0.5) is 0 Å². The topological polar surface area (TPSA) is 60.2 Å². The van der Waals surface area contributed by atoms with Crippen LogP contribution >= 0.6 is 0 Å². The molecule has 114 valence electrons. The summed E-state index contributed by atoms with van der Waals surface area (Å²) in [7, 11) is 1.97. The predicted octanol–water partition coefficient (Wildman–Crippen LogP) is 3.27. The molecule has 0 fully saturated rings. The van der Waals surface area contributed by atoms with Gasteiger partial charge in [0.15, 0.2) is 12.4 Å². The molecule has 1 aromatic heterocycles. The zero-order valence-electron chi connectivity index (χ0n) is 12.9. The van der Waals surface area contributed by atoms with Gasteiger partial charge in [-0.3, -0.25) is 0 Å². The van der Waals surface area contributed by atoms with E-state index < -0.39 is 0 Å². The molecule has 0 spiro atoms. The Morgan fingerprint density at radius 2 is 2.00 bits per heavy atom. The van der Waals surface area contributed by atoms with Crippen LogP contribution in [-0.2, 0) is 13.0 Å². The fourth-order valence-corrected chi connectivity index (χ4v) is 2.22. The van der Waals surface area contributed by atoms with E-state index in [1.807, 2.05) is 19.2 Å². The molecule has 1 N–H and O–H groups in total. The van der Waals surface area contributed by atoms with Crippen LogP contribution in [0.3, 0.4) is 0 Å². The average molecular weight is 289 g/mol. The first kappa shape index (κ1) is 15.5. The second kappa shape index (κ2) is 7.78. The molecule has 0 saturated carbocycles. The summed E-state index contributed by atoms with van der Waals surface area (Å²) in [6, 6.07) is 8.48. The van der Waals surface area contributed by atoms with Crippen LogP contribution in [0.5, 0.6) is 5.75 Å². The molecule has 2 aromatic rings. The number of rotatable bonds is 8. The molecule has 0 aliphatic heterocycles. The van der Waals surface area contributed by atoms with Crippen molar-refractivity contribution in [1.29, 1.82) is 0 Å². The van der Waals surface area contributed by atoms with Gasteiger partial charge in [0, 0.05) is 12.5 Å². The molecule has 5 heteroatoms. The number of aromatic nitrogens is 2. The molecule has 0 aliphatic rings. The number of nitrogens with one attached hydrogen (secondary N) is 1. The lowest BCUT2D eigenvalue weighted by atomic mass is 10.1. The Hall–Kier alpha value is -1.88. The third kappa shape index (κ3) is 4.29. The number of hydrogen-bond donors (Lipinski definition) is 1. The third-order valence-electron chi connectivity index (χ3n) is 3.39. The predicted molar refractivity (Wildman–Crippen MR) is 81.2 cm³/mol. The first-order chi connectivity index (χ1) is 10.3. The van der Waals surface area contributed by atoms with Crippen LogP contribution in [0.15, 0.2) is 28.8 Å². The summed E-state index contributed by atoms with van der Waals surface area (Å²) in [6.45, 7) is 4.55. The van der Waals surface area contributed by atoms with Gasteiger partial charge in [-0.25, -0.2) is 0 Å². The minimum Gasteiger partial charge on any atom is -0.484 e. The summed E-state index contributed by atoms with van der Waals surface area (Å²) in [5.74, 6) is 2.07. The smallest absolute Gasteiger partial charge is 0.264 e. The number of hydrogen-bond acceptors (Lipinski definition) is 5. The molecule has 0 aliphatic carbocycles. The molecule has 5 nitrogen and oxygen atoms in total. The standard InChI is InChI=1S/C16H23N3O2/c1-4-6-15-18-16(21-19-15)11-20-13-9-7-12(8-10-13)14(5-2)17-3/h7-10,14,17H,4-6,11H2,1-3H3. The lowest BCUT2D eigenvalue weighted by Crippen LogP contribution is -2.14. The van der Waals surface area contributed by atoms with Gasteiger partial charge in [0.1, 0.15) is 5.75 Å². The van der Waals surface area contributed by atoms with Crippen molar-refractivity contribution in [2.24, 2.45) is 0 Å². The van der Waals surface area contributed by atoms with Gasteiger partial charge in [0.2, 0.25) is 0 Å². The van der Waals surface area contributed by atoms with Gasteiger partial charge in [-0.15, -0.1) is 0 Å². The summed E-state index contributed by atoms with van der Waals surface area (Å²) in [4.78, 5) is 4.27. The van der Waals surface area contributed by atoms with Crippen molar-refractivity contribution in [1.82, 2.24) is 15.5 Å². The Kier molecular flexibility index (Phi) is 5.75.